The van der Waals surface area contributed by atoms with E-state index in [0.29, 0.717) is 6.54 Å². The highest BCUT2D eigenvalue weighted by Crippen LogP contribution is 2.15. The van der Waals surface area contributed by atoms with Gasteiger partial charge in [-0.1, -0.05) is 24.3 Å². The van der Waals surface area contributed by atoms with Crippen LogP contribution in [0.3, 0.4) is 0 Å². The monoisotopic (exact) mass is 243 g/mol. The van der Waals surface area contributed by atoms with Crippen molar-refractivity contribution in [3.05, 3.63) is 36.0 Å². The first-order chi connectivity index (χ1) is 8.66. The summed E-state index contributed by atoms with van der Waals surface area (Å²) in [4.78, 5) is 10.7. The van der Waals surface area contributed by atoms with Gasteiger partial charge in [-0.05, 0) is 18.1 Å². The fourth-order valence-corrected chi connectivity index (χ4v) is 1.82. The van der Waals surface area contributed by atoms with Crippen LogP contribution in [0.5, 0.6) is 0 Å². The predicted octanol–water partition coefficient (Wildman–Crippen LogP) is 2.11. The van der Waals surface area contributed by atoms with E-state index < -0.39 is 0 Å². The second kappa shape index (κ2) is 5.49. The summed E-state index contributed by atoms with van der Waals surface area (Å²) in [6.45, 7) is 2.21. The molecule has 1 aromatic carbocycles. The number of carbonyl (C=O) groups excluding carboxylic acids is 1. The van der Waals surface area contributed by atoms with Gasteiger partial charge in [0.15, 0.2) is 0 Å². The van der Waals surface area contributed by atoms with E-state index in [-0.39, 0.29) is 5.91 Å². The average molecular weight is 243 g/mol. The fraction of sp³-hybridized carbons (Fsp3) is 0.286. The third-order valence-corrected chi connectivity index (χ3v) is 2.77. The maximum absolute atomic E-state index is 10.7. The Balaban J connectivity index is 2.00. The zero-order valence-corrected chi connectivity index (χ0v) is 10.7. The molecule has 0 atom stereocenters. The molecule has 0 aliphatic heterocycles. The molecule has 0 aliphatic carbocycles. The summed E-state index contributed by atoms with van der Waals surface area (Å²) in [5.74, 6) is 0.0136. The van der Waals surface area contributed by atoms with Crippen LogP contribution < -0.4 is 5.32 Å². The molecule has 0 saturated heterocycles. The van der Waals surface area contributed by atoms with Gasteiger partial charge in [0, 0.05) is 25.9 Å². The van der Waals surface area contributed by atoms with E-state index in [2.05, 4.69) is 40.8 Å². The number of hydrogen-bond donors (Lipinski definition) is 1. The number of hydrogen-bond acceptors (Lipinski definition) is 2. The Bertz CT molecular complexity index is 584. The number of aromatic nitrogens is 2. The van der Waals surface area contributed by atoms with Gasteiger partial charge in [-0.25, -0.2) is 0 Å². The second-order valence-corrected chi connectivity index (χ2v) is 4.26. The van der Waals surface area contributed by atoms with Crippen molar-refractivity contribution in [1.29, 1.82) is 0 Å². The first-order valence-electron chi connectivity index (χ1n) is 5.99. The van der Waals surface area contributed by atoms with Crippen molar-refractivity contribution < 1.29 is 4.79 Å². The Morgan fingerprint density at radius 3 is 3.11 bits per heavy atom. The minimum absolute atomic E-state index is 0.0136. The van der Waals surface area contributed by atoms with Crippen LogP contribution in [-0.2, 0) is 11.8 Å². The topological polar surface area (TPSA) is 46.9 Å². The third kappa shape index (κ3) is 2.97. The second-order valence-electron chi connectivity index (χ2n) is 4.26. The Kier molecular flexibility index (Phi) is 3.77. The van der Waals surface area contributed by atoms with Gasteiger partial charge >= 0.3 is 0 Å². The molecule has 1 amide bonds. The molecule has 0 unspecified atom stereocenters. The highest BCUT2D eigenvalue weighted by molar-refractivity contribution is 5.81. The molecule has 18 heavy (non-hydrogen) atoms. The first kappa shape index (κ1) is 12.4. The van der Waals surface area contributed by atoms with Crippen LogP contribution in [0.2, 0.25) is 0 Å². The Labute approximate surface area is 106 Å². The largest absolute Gasteiger partial charge is 0.356 e. The molecule has 1 aromatic heterocycles. The van der Waals surface area contributed by atoms with Crippen LogP contribution in [-0.4, -0.2) is 22.2 Å². The van der Waals surface area contributed by atoms with Crippen LogP contribution in [0.4, 0.5) is 0 Å². The average Bonchev–Trinajstić information content (AvgIpc) is 2.70. The summed E-state index contributed by atoms with van der Waals surface area (Å²) in [5, 5.41) is 8.12. The van der Waals surface area contributed by atoms with E-state index in [0.717, 1.165) is 22.9 Å². The minimum atomic E-state index is 0.0136. The maximum atomic E-state index is 10.7. The molecule has 94 valence electrons. The number of fused-ring (bicyclic) bond motifs is 1. The molecule has 4 heteroatoms. The molecule has 0 spiro atoms. The standard InChI is InChI=1S/C14H17N3O/c1-11(18)15-8-4-3-5-12-6-7-13-10-16-17(2)14(13)9-12/h3,5-7,9-10H,4,8H2,1-2H3,(H,15,18). The van der Waals surface area contributed by atoms with Gasteiger partial charge in [-0.3, -0.25) is 9.48 Å². The molecule has 0 fully saturated rings. The van der Waals surface area contributed by atoms with Gasteiger partial charge in [0.1, 0.15) is 0 Å². The Morgan fingerprint density at radius 2 is 2.33 bits per heavy atom. The van der Waals surface area contributed by atoms with Crippen molar-refractivity contribution in [3.8, 4) is 0 Å². The van der Waals surface area contributed by atoms with E-state index in [4.69, 9.17) is 0 Å². The summed E-state index contributed by atoms with van der Waals surface area (Å²) in [6, 6.07) is 6.24. The molecule has 2 rings (SSSR count). The van der Waals surface area contributed by atoms with Crippen molar-refractivity contribution in [3.63, 3.8) is 0 Å². The summed E-state index contributed by atoms with van der Waals surface area (Å²) < 4.78 is 1.87. The molecular weight excluding hydrogens is 226 g/mol. The molecule has 0 aliphatic rings. The van der Waals surface area contributed by atoms with Crippen molar-refractivity contribution in [2.75, 3.05) is 6.54 Å². The zero-order chi connectivity index (χ0) is 13.0. The summed E-state index contributed by atoms with van der Waals surface area (Å²) in [6.07, 6.45) is 6.82. The summed E-state index contributed by atoms with van der Waals surface area (Å²) in [7, 11) is 1.94. The van der Waals surface area contributed by atoms with Crippen LogP contribution in [0.25, 0.3) is 17.0 Å². The molecule has 2 aromatic rings. The molecule has 0 radical (unpaired) electrons. The molecule has 1 N–H and O–H groups in total. The third-order valence-electron chi connectivity index (χ3n) is 2.77. The van der Waals surface area contributed by atoms with Gasteiger partial charge < -0.3 is 5.32 Å². The summed E-state index contributed by atoms with van der Waals surface area (Å²) in [5.41, 5.74) is 2.27. The van der Waals surface area contributed by atoms with Gasteiger partial charge in [-0.2, -0.15) is 5.10 Å². The van der Waals surface area contributed by atoms with E-state index in [1.54, 1.807) is 0 Å². The molecule has 0 bridgehead atoms. The molecular formula is C14H17N3O. The number of amides is 1. The van der Waals surface area contributed by atoms with Crippen molar-refractivity contribution in [2.45, 2.75) is 13.3 Å². The number of carbonyl (C=O) groups is 1. The van der Waals surface area contributed by atoms with Crippen molar-refractivity contribution in [2.24, 2.45) is 7.05 Å². The van der Waals surface area contributed by atoms with Crippen LogP contribution in [0.1, 0.15) is 18.9 Å². The lowest BCUT2D eigenvalue weighted by Crippen LogP contribution is -2.20. The SMILES string of the molecule is CC(=O)NCCC=Cc1ccc2cnn(C)c2c1. The Hall–Kier alpha value is -2.10. The number of aryl methyl sites for hydroxylation is 1. The van der Waals surface area contributed by atoms with Crippen molar-refractivity contribution >= 4 is 22.9 Å². The number of rotatable bonds is 4. The fourth-order valence-electron chi connectivity index (χ4n) is 1.82. The zero-order valence-electron chi connectivity index (χ0n) is 10.7. The van der Waals surface area contributed by atoms with Gasteiger partial charge in [0.2, 0.25) is 5.91 Å². The number of nitrogens with zero attached hydrogens (tertiary/aromatic N) is 2. The van der Waals surface area contributed by atoms with Crippen molar-refractivity contribution in [1.82, 2.24) is 15.1 Å². The predicted molar refractivity (Wildman–Crippen MR) is 73.0 cm³/mol. The van der Waals surface area contributed by atoms with Crippen LogP contribution in [0.15, 0.2) is 30.5 Å². The molecule has 1 heterocycles. The first-order valence-corrected chi connectivity index (χ1v) is 5.99. The van der Waals surface area contributed by atoms with E-state index in [1.165, 1.54) is 6.92 Å². The highest BCUT2D eigenvalue weighted by Gasteiger charge is 1.98. The van der Waals surface area contributed by atoms with Crippen LogP contribution in [0, 0.1) is 0 Å². The lowest BCUT2D eigenvalue weighted by atomic mass is 10.1. The van der Waals surface area contributed by atoms with Crippen LogP contribution >= 0.6 is 0 Å². The summed E-state index contributed by atoms with van der Waals surface area (Å²) >= 11 is 0. The van der Waals surface area contributed by atoms with E-state index in [1.807, 2.05) is 17.9 Å². The number of nitrogens with one attached hydrogen (secondary N) is 1. The normalized spacial score (nSPS) is 11.2. The highest BCUT2D eigenvalue weighted by atomic mass is 16.1. The number of benzene rings is 1. The van der Waals surface area contributed by atoms with E-state index in [9.17, 15) is 4.79 Å². The maximum Gasteiger partial charge on any atom is 0.216 e. The quantitative estimate of drug-likeness (QED) is 0.836. The van der Waals surface area contributed by atoms with Gasteiger partial charge in [-0.15, -0.1) is 0 Å². The molecule has 0 saturated carbocycles. The minimum Gasteiger partial charge on any atom is -0.356 e. The smallest absolute Gasteiger partial charge is 0.216 e. The van der Waals surface area contributed by atoms with Gasteiger partial charge in [0.05, 0.1) is 11.7 Å². The lowest BCUT2D eigenvalue weighted by molar-refractivity contribution is -0.118. The van der Waals surface area contributed by atoms with E-state index >= 15 is 0 Å². The van der Waals surface area contributed by atoms with Gasteiger partial charge in [0.25, 0.3) is 0 Å². The molecule has 4 nitrogen and oxygen atoms in total. The lowest BCUT2D eigenvalue weighted by Gasteiger charge is -1.98. The Morgan fingerprint density at radius 1 is 1.50 bits per heavy atom.